The van der Waals surface area contributed by atoms with Crippen LogP contribution in [0, 0.1) is 12.8 Å². The number of rotatable bonds is 7. The Bertz CT molecular complexity index is 755. The minimum atomic E-state index is 0.726. The van der Waals surface area contributed by atoms with Crippen LogP contribution in [0.1, 0.15) is 36.6 Å². The molecule has 3 nitrogen and oxygen atoms in total. The van der Waals surface area contributed by atoms with E-state index in [-0.39, 0.29) is 0 Å². The largest absolute Gasteiger partial charge is 0.344 e. The maximum absolute atomic E-state index is 6.18. The quantitative estimate of drug-likeness (QED) is 0.618. The SMILES string of the molecule is Cc1ccc(Cl)cc1NC(=S)N(CCC[NH+]1CCC(C)CC1)Cc1cccs1. The van der Waals surface area contributed by atoms with E-state index in [1.54, 1.807) is 16.2 Å². The minimum Gasteiger partial charge on any atom is -0.344 e. The molecule has 0 unspecified atom stereocenters. The van der Waals surface area contributed by atoms with Crippen LogP contribution in [-0.4, -0.2) is 36.2 Å². The number of hydrogen-bond donors (Lipinski definition) is 2. The fourth-order valence-electron chi connectivity index (χ4n) is 3.71. The highest BCUT2D eigenvalue weighted by Crippen LogP contribution is 2.21. The van der Waals surface area contributed by atoms with E-state index in [1.807, 2.05) is 18.2 Å². The van der Waals surface area contributed by atoms with Gasteiger partial charge in [0.2, 0.25) is 0 Å². The molecule has 28 heavy (non-hydrogen) atoms. The molecule has 2 N–H and O–H groups in total. The van der Waals surface area contributed by atoms with Crippen LogP contribution in [0.3, 0.4) is 0 Å². The molecule has 0 atom stereocenters. The Morgan fingerprint density at radius 2 is 2.11 bits per heavy atom. The average Bonchev–Trinajstić information content (AvgIpc) is 3.18. The zero-order valence-corrected chi connectivity index (χ0v) is 19.2. The average molecular weight is 437 g/mol. The topological polar surface area (TPSA) is 19.7 Å². The van der Waals surface area contributed by atoms with Gasteiger partial charge in [0, 0.05) is 28.6 Å². The second-order valence-corrected chi connectivity index (χ2v) is 9.78. The van der Waals surface area contributed by atoms with Crippen molar-refractivity contribution in [3.63, 3.8) is 0 Å². The molecular weight excluding hydrogens is 406 g/mol. The lowest BCUT2D eigenvalue weighted by Crippen LogP contribution is -3.13. The number of nitrogens with zero attached hydrogens (tertiary/aromatic N) is 1. The summed E-state index contributed by atoms with van der Waals surface area (Å²) in [5.74, 6) is 0.900. The zero-order chi connectivity index (χ0) is 19.9. The number of thiophene rings is 1. The first kappa shape index (κ1) is 21.6. The molecule has 0 bridgehead atoms. The highest BCUT2D eigenvalue weighted by atomic mass is 35.5. The first-order chi connectivity index (χ1) is 13.5. The maximum atomic E-state index is 6.18. The highest BCUT2D eigenvalue weighted by molar-refractivity contribution is 7.80. The van der Waals surface area contributed by atoms with Gasteiger partial charge in [-0.1, -0.05) is 30.7 Å². The summed E-state index contributed by atoms with van der Waals surface area (Å²) in [5, 5.41) is 7.06. The van der Waals surface area contributed by atoms with Crippen LogP contribution in [0.5, 0.6) is 0 Å². The summed E-state index contributed by atoms with van der Waals surface area (Å²) in [6.07, 6.45) is 3.88. The molecule has 0 radical (unpaired) electrons. The van der Waals surface area contributed by atoms with Crippen LogP contribution < -0.4 is 10.2 Å². The van der Waals surface area contributed by atoms with Crippen molar-refractivity contribution in [2.24, 2.45) is 5.92 Å². The number of benzene rings is 1. The van der Waals surface area contributed by atoms with Crippen molar-refractivity contribution in [2.45, 2.75) is 39.7 Å². The van der Waals surface area contributed by atoms with Gasteiger partial charge in [-0.15, -0.1) is 11.3 Å². The Balaban J connectivity index is 1.59. The number of quaternary nitrogens is 1. The highest BCUT2D eigenvalue weighted by Gasteiger charge is 2.19. The predicted octanol–water partition coefficient (Wildman–Crippen LogP) is 4.61. The van der Waals surface area contributed by atoms with E-state index in [0.29, 0.717) is 0 Å². The summed E-state index contributed by atoms with van der Waals surface area (Å²) in [5.41, 5.74) is 2.14. The molecule has 152 valence electrons. The standard InChI is InChI=1S/C22H30ClN3S2/c1-17-8-12-25(13-9-17)10-4-11-26(16-20-5-3-14-28-20)22(27)24-21-15-19(23)7-6-18(21)2/h3,5-7,14-15,17H,4,8-13,16H2,1-2H3,(H,24,27)/p+1. The van der Waals surface area contributed by atoms with Gasteiger partial charge < -0.3 is 15.1 Å². The van der Waals surface area contributed by atoms with Gasteiger partial charge in [0.1, 0.15) is 0 Å². The number of aryl methyl sites for hydroxylation is 1. The van der Waals surface area contributed by atoms with E-state index >= 15 is 0 Å². The van der Waals surface area contributed by atoms with Gasteiger partial charge in [-0.05, 0) is 67.0 Å². The molecule has 2 heterocycles. The van der Waals surface area contributed by atoms with E-state index in [4.69, 9.17) is 23.8 Å². The van der Waals surface area contributed by atoms with Crippen LogP contribution in [0.25, 0.3) is 0 Å². The number of halogens is 1. The van der Waals surface area contributed by atoms with Gasteiger partial charge in [-0.2, -0.15) is 0 Å². The second kappa shape index (κ2) is 10.6. The molecule has 1 aliphatic rings. The van der Waals surface area contributed by atoms with E-state index in [0.717, 1.165) is 46.8 Å². The Morgan fingerprint density at radius 3 is 2.82 bits per heavy atom. The fourth-order valence-corrected chi connectivity index (χ4v) is 4.86. The predicted molar refractivity (Wildman–Crippen MR) is 126 cm³/mol. The summed E-state index contributed by atoms with van der Waals surface area (Å²) in [6, 6.07) is 10.2. The molecule has 1 aromatic carbocycles. The first-order valence-electron chi connectivity index (χ1n) is 10.2. The molecule has 0 saturated carbocycles. The van der Waals surface area contributed by atoms with Crippen molar-refractivity contribution in [1.82, 2.24) is 4.90 Å². The Hall–Kier alpha value is -1.14. The van der Waals surface area contributed by atoms with Crippen molar-refractivity contribution in [1.29, 1.82) is 0 Å². The lowest BCUT2D eigenvalue weighted by molar-refractivity contribution is -0.906. The monoisotopic (exact) mass is 436 g/mol. The molecule has 6 heteroatoms. The second-order valence-electron chi connectivity index (χ2n) is 7.93. The van der Waals surface area contributed by atoms with Gasteiger partial charge in [0.25, 0.3) is 0 Å². The van der Waals surface area contributed by atoms with Gasteiger partial charge in [0.05, 0.1) is 26.2 Å². The summed E-state index contributed by atoms with van der Waals surface area (Å²) >= 11 is 13.8. The van der Waals surface area contributed by atoms with E-state index in [1.165, 1.54) is 37.4 Å². The summed E-state index contributed by atoms with van der Waals surface area (Å²) in [6.45, 7) is 10.1. The smallest absolute Gasteiger partial charge is 0.173 e. The molecular formula is C22H31ClN3S2+. The van der Waals surface area contributed by atoms with Gasteiger partial charge in [-0.25, -0.2) is 0 Å². The van der Waals surface area contributed by atoms with Crippen LogP contribution in [0.4, 0.5) is 5.69 Å². The van der Waals surface area contributed by atoms with Crippen LogP contribution in [0.15, 0.2) is 35.7 Å². The molecule has 2 aromatic rings. The van der Waals surface area contributed by atoms with E-state index < -0.39 is 0 Å². The summed E-state index contributed by atoms with van der Waals surface area (Å²) in [4.78, 5) is 5.39. The van der Waals surface area contributed by atoms with Crippen molar-refractivity contribution in [2.75, 3.05) is 31.5 Å². The van der Waals surface area contributed by atoms with Crippen molar-refractivity contribution >= 4 is 46.0 Å². The number of nitrogens with one attached hydrogen (secondary N) is 2. The number of piperidine rings is 1. The fraction of sp³-hybridized carbons (Fsp3) is 0.500. The van der Waals surface area contributed by atoms with Crippen LogP contribution >= 0.6 is 35.2 Å². The number of hydrogen-bond acceptors (Lipinski definition) is 2. The molecule has 0 aliphatic carbocycles. The lowest BCUT2D eigenvalue weighted by Gasteiger charge is -2.29. The molecule has 3 rings (SSSR count). The van der Waals surface area contributed by atoms with E-state index in [9.17, 15) is 0 Å². The van der Waals surface area contributed by atoms with Crippen LogP contribution in [0.2, 0.25) is 5.02 Å². The lowest BCUT2D eigenvalue weighted by atomic mass is 9.99. The van der Waals surface area contributed by atoms with Gasteiger partial charge in [0.15, 0.2) is 5.11 Å². The normalized spacial score (nSPS) is 19.4. The first-order valence-corrected chi connectivity index (χ1v) is 11.9. The third-order valence-electron chi connectivity index (χ3n) is 5.59. The van der Waals surface area contributed by atoms with Gasteiger partial charge in [-0.3, -0.25) is 0 Å². The van der Waals surface area contributed by atoms with Crippen molar-refractivity contribution in [3.05, 3.63) is 51.2 Å². The number of likely N-dealkylation sites (tertiary alicyclic amines) is 1. The minimum absolute atomic E-state index is 0.726. The third kappa shape index (κ3) is 6.45. The number of anilines is 1. The molecule has 0 amide bonds. The molecule has 1 aliphatic heterocycles. The third-order valence-corrected chi connectivity index (χ3v) is 7.05. The van der Waals surface area contributed by atoms with Crippen molar-refractivity contribution in [3.8, 4) is 0 Å². The van der Waals surface area contributed by atoms with Crippen LogP contribution in [-0.2, 0) is 6.54 Å². The maximum Gasteiger partial charge on any atom is 0.173 e. The summed E-state index contributed by atoms with van der Waals surface area (Å²) < 4.78 is 0. The molecule has 0 spiro atoms. The zero-order valence-electron chi connectivity index (χ0n) is 16.8. The Morgan fingerprint density at radius 1 is 1.32 bits per heavy atom. The molecule has 1 aromatic heterocycles. The summed E-state index contributed by atoms with van der Waals surface area (Å²) in [7, 11) is 0. The number of thiocarbonyl (C=S) groups is 1. The van der Waals surface area contributed by atoms with Crippen molar-refractivity contribution < 1.29 is 4.90 Å². The van der Waals surface area contributed by atoms with Gasteiger partial charge >= 0.3 is 0 Å². The molecule has 1 saturated heterocycles. The van der Waals surface area contributed by atoms with E-state index in [2.05, 4.69) is 41.6 Å². The Labute approximate surface area is 183 Å². The Kier molecular flexibility index (Phi) is 8.15. The molecule has 1 fully saturated rings.